The average Bonchev–Trinajstić information content (AvgIpc) is 2.52. The van der Waals surface area contributed by atoms with Crippen LogP contribution in [0.5, 0.6) is 5.75 Å². The number of rotatable bonds is 4. The fourth-order valence-electron chi connectivity index (χ4n) is 2.34. The summed E-state index contributed by atoms with van der Waals surface area (Å²) in [5, 5.41) is 12.4. The van der Waals surface area contributed by atoms with Crippen LogP contribution in [0, 0.1) is 5.82 Å². The molecule has 1 aromatic carbocycles. The fourth-order valence-corrected chi connectivity index (χ4v) is 2.34. The van der Waals surface area contributed by atoms with Crippen LogP contribution in [-0.4, -0.2) is 24.4 Å². The molecule has 1 aromatic rings. The van der Waals surface area contributed by atoms with Crippen molar-refractivity contribution in [3.05, 3.63) is 29.6 Å². The van der Waals surface area contributed by atoms with Crippen LogP contribution < -0.4 is 10.1 Å². The number of hydrogen-bond donors (Lipinski definition) is 2. The zero-order chi connectivity index (χ0) is 13.0. The van der Waals surface area contributed by atoms with Crippen LogP contribution in [-0.2, 0) is 0 Å². The molecule has 2 rings (SSSR count). The highest BCUT2D eigenvalue weighted by molar-refractivity contribution is 5.37. The number of ether oxygens (including phenoxy) is 1. The second kappa shape index (κ2) is 6.16. The van der Waals surface area contributed by atoms with E-state index in [1.165, 1.54) is 12.1 Å². The number of aliphatic hydroxyl groups is 1. The smallest absolute Gasteiger partial charge is 0.126 e. The summed E-state index contributed by atoms with van der Waals surface area (Å²) in [6.07, 6.45) is 2.63. The minimum absolute atomic E-state index is 0.171. The summed E-state index contributed by atoms with van der Waals surface area (Å²) in [7, 11) is 0. The van der Waals surface area contributed by atoms with Gasteiger partial charge in [0.05, 0.1) is 6.61 Å². The minimum atomic E-state index is -0.266. The van der Waals surface area contributed by atoms with Gasteiger partial charge < -0.3 is 15.2 Å². The molecular weight excluding hydrogens is 233 g/mol. The van der Waals surface area contributed by atoms with Gasteiger partial charge in [0.15, 0.2) is 0 Å². The highest BCUT2D eigenvalue weighted by atomic mass is 19.1. The molecule has 0 spiro atoms. The molecule has 2 unspecified atom stereocenters. The molecule has 0 fully saturated rings. The van der Waals surface area contributed by atoms with Gasteiger partial charge in [0.2, 0.25) is 0 Å². The Bertz CT molecular complexity index is 397. The van der Waals surface area contributed by atoms with Crippen molar-refractivity contribution in [1.82, 2.24) is 5.32 Å². The van der Waals surface area contributed by atoms with Crippen molar-refractivity contribution in [2.45, 2.75) is 38.3 Å². The Kier molecular flexibility index (Phi) is 4.55. The summed E-state index contributed by atoms with van der Waals surface area (Å²) < 4.78 is 18.8. The molecule has 2 atom stereocenters. The summed E-state index contributed by atoms with van der Waals surface area (Å²) in [6.45, 7) is 2.85. The summed E-state index contributed by atoms with van der Waals surface area (Å²) in [5.74, 6) is 0.374. The molecule has 0 amide bonds. The van der Waals surface area contributed by atoms with E-state index in [9.17, 15) is 4.39 Å². The number of halogens is 1. The van der Waals surface area contributed by atoms with Gasteiger partial charge >= 0.3 is 0 Å². The zero-order valence-corrected chi connectivity index (χ0v) is 10.7. The Balaban J connectivity index is 2.16. The van der Waals surface area contributed by atoms with E-state index in [-0.39, 0.29) is 24.5 Å². The third-order valence-corrected chi connectivity index (χ3v) is 3.29. The largest absolute Gasteiger partial charge is 0.493 e. The van der Waals surface area contributed by atoms with Crippen molar-refractivity contribution in [2.75, 3.05) is 13.2 Å². The lowest BCUT2D eigenvalue weighted by Crippen LogP contribution is -2.31. The van der Waals surface area contributed by atoms with Crippen molar-refractivity contribution < 1.29 is 14.2 Å². The van der Waals surface area contributed by atoms with E-state index in [1.807, 2.05) is 6.92 Å². The summed E-state index contributed by atoms with van der Waals surface area (Å²) in [4.78, 5) is 0. The maximum atomic E-state index is 13.2. The van der Waals surface area contributed by atoms with Gasteiger partial charge in [0.1, 0.15) is 11.6 Å². The first-order chi connectivity index (χ1) is 8.70. The first-order valence-corrected chi connectivity index (χ1v) is 6.50. The van der Waals surface area contributed by atoms with Crippen LogP contribution in [0.4, 0.5) is 4.39 Å². The van der Waals surface area contributed by atoms with Gasteiger partial charge in [0.25, 0.3) is 0 Å². The Labute approximate surface area is 107 Å². The van der Waals surface area contributed by atoms with Gasteiger partial charge in [-0.1, -0.05) is 6.07 Å². The van der Waals surface area contributed by atoms with Gasteiger partial charge in [-0.2, -0.15) is 0 Å². The van der Waals surface area contributed by atoms with E-state index in [2.05, 4.69) is 5.32 Å². The molecular formula is C14H20FNO2. The van der Waals surface area contributed by atoms with Gasteiger partial charge in [-0.25, -0.2) is 4.39 Å². The molecule has 0 bridgehead atoms. The number of nitrogens with one attached hydrogen (secondary N) is 1. The molecule has 100 valence electrons. The van der Waals surface area contributed by atoms with E-state index < -0.39 is 0 Å². The van der Waals surface area contributed by atoms with Crippen LogP contribution in [0.15, 0.2) is 18.2 Å². The number of benzene rings is 1. The normalized spacial score (nSPS) is 20.7. The Hall–Kier alpha value is -1.13. The molecule has 1 heterocycles. The summed E-state index contributed by atoms with van der Waals surface area (Å²) >= 11 is 0. The molecule has 0 saturated heterocycles. The van der Waals surface area contributed by atoms with E-state index in [0.29, 0.717) is 18.8 Å². The summed E-state index contributed by atoms with van der Waals surface area (Å²) in [6, 6.07) is 5.12. The van der Waals surface area contributed by atoms with Crippen LogP contribution in [0.25, 0.3) is 0 Å². The van der Waals surface area contributed by atoms with Crippen LogP contribution >= 0.6 is 0 Å². The first kappa shape index (κ1) is 13.3. The van der Waals surface area contributed by atoms with Crippen molar-refractivity contribution in [3.8, 4) is 5.75 Å². The third-order valence-electron chi connectivity index (χ3n) is 3.29. The predicted octanol–water partition coefficient (Wildman–Crippen LogP) is 2.40. The van der Waals surface area contributed by atoms with Gasteiger partial charge in [-0.15, -0.1) is 0 Å². The second-order valence-corrected chi connectivity index (χ2v) is 4.81. The fraction of sp³-hybridized carbons (Fsp3) is 0.571. The lowest BCUT2D eigenvalue weighted by molar-refractivity contribution is 0.261. The quantitative estimate of drug-likeness (QED) is 0.865. The van der Waals surface area contributed by atoms with Crippen molar-refractivity contribution in [1.29, 1.82) is 0 Å². The number of aliphatic hydroxyl groups excluding tert-OH is 1. The zero-order valence-electron chi connectivity index (χ0n) is 10.7. The maximum Gasteiger partial charge on any atom is 0.126 e. The molecule has 1 aliphatic rings. The van der Waals surface area contributed by atoms with Crippen LogP contribution in [0.2, 0.25) is 0 Å². The molecule has 4 heteroatoms. The average molecular weight is 253 g/mol. The topological polar surface area (TPSA) is 41.5 Å². The molecule has 2 N–H and O–H groups in total. The van der Waals surface area contributed by atoms with Gasteiger partial charge in [-0.3, -0.25) is 0 Å². The lowest BCUT2D eigenvalue weighted by atomic mass is 10.0. The first-order valence-electron chi connectivity index (χ1n) is 6.50. The van der Waals surface area contributed by atoms with Gasteiger partial charge in [-0.05, 0) is 32.3 Å². The van der Waals surface area contributed by atoms with Crippen LogP contribution in [0.1, 0.15) is 37.8 Å². The minimum Gasteiger partial charge on any atom is -0.493 e. The predicted molar refractivity (Wildman–Crippen MR) is 68.2 cm³/mol. The van der Waals surface area contributed by atoms with E-state index >= 15 is 0 Å². The third kappa shape index (κ3) is 3.21. The standard InChI is InChI=1S/C14H20FNO2/c1-10(6-7-17)16-13-3-2-8-18-14-9-11(15)4-5-12(13)14/h4-5,9-10,13,16-17H,2-3,6-8H2,1H3. The number of fused-ring (bicyclic) bond motifs is 1. The lowest BCUT2D eigenvalue weighted by Gasteiger charge is -2.22. The molecule has 0 radical (unpaired) electrons. The molecule has 0 saturated carbocycles. The molecule has 1 aliphatic heterocycles. The highest BCUT2D eigenvalue weighted by Crippen LogP contribution is 2.32. The van der Waals surface area contributed by atoms with Crippen molar-refractivity contribution in [2.24, 2.45) is 0 Å². The van der Waals surface area contributed by atoms with Gasteiger partial charge in [0, 0.05) is 30.3 Å². The SMILES string of the molecule is CC(CCO)NC1CCCOc2cc(F)ccc21. The highest BCUT2D eigenvalue weighted by Gasteiger charge is 2.21. The number of hydrogen-bond acceptors (Lipinski definition) is 3. The van der Waals surface area contributed by atoms with Crippen molar-refractivity contribution >= 4 is 0 Å². The Morgan fingerprint density at radius 1 is 1.56 bits per heavy atom. The Morgan fingerprint density at radius 3 is 3.17 bits per heavy atom. The summed E-state index contributed by atoms with van der Waals surface area (Å²) in [5.41, 5.74) is 1.01. The molecule has 0 aromatic heterocycles. The molecule has 0 aliphatic carbocycles. The van der Waals surface area contributed by atoms with Crippen molar-refractivity contribution in [3.63, 3.8) is 0 Å². The van der Waals surface area contributed by atoms with E-state index in [4.69, 9.17) is 9.84 Å². The van der Waals surface area contributed by atoms with E-state index in [1.54, 1.807) is 6.07 Å². The van der Waals surface area contributed by atoms with E-state index in [0.717, 1.165) is 18.4 Å². The molecule has 18 heavy (non-hydrogen) atoms. The Morgan fingerprint density at radius 2 is 2.39 bits per heavy atom. The monoisotopic (exact) mass is 253 g/mol. The molecule has 3 nitrogen and oxygen atoms in total. The maximum absolute atomic E-state index is 13.2. The van der Waals surface area contributed by atoms with Crippen LogP contribution in [0.3, 0.4) is 0 Å². The second-order valence-electron chi connectivity index (χ2n) is 4.81.